The summed E-state index contributed by atoms with van der Waals surface area (Å²) >= 11 is 0. The third-order valence-electron chi connectivity index (χ3n) is 4.74. The van der Waals surface area contributed by atoms with Gasteiger partial charge in [0.1, 0.15) is 0 Å². The lowest BCUT2D eigenvalue weighted by molar-refractivity contribution is -0.134. The van der Waals surface area contributed by atoms with E-state index in [0.717, 1.165) is 50.5 Å². The van der Waals surface area contributed by atoms with Crippen LogP contribution in [0.5, 0.6) is 0 Å². The summed E-state index contributed by atoms with van der Waals surface area (Å²) in [6.45, 7) is 1.22. The molecule has 2 saturated carbocycles. The van der Waals surface area contributed by atoms with Crippen LogP contribution in [0.2, 0.25) is 0 Å². The Morgan fingerprint density at radius 2 is 2.12 bits per heavy atom. The van der Waals surface area contributed by atoms with Crippen LogP contribution >= 0.6 is 0 Å². The van der Waals surface area contributed by atoms with Crippen LogP contribution in [0.1, 0.15) is 44.9 Å². The Labute approximate surface area is 103 Å². The molecule has 1 saturated heterocycles. The van der Waals surface area contributed by atoms with Gasteiger partial charge in [-0.25, -0.2) is 0 Å². The highest BCUT2D eigenvalue weighted by Gasteiger charge is 2.53. The molecule has 3 heteroatoms. The van der Waals surface area contributed by atoms with Crippen molar-refractivity contribution in [3.05, 3.63) is 0 Å². The van der Waals surface area contributed by atoms with Gasteiger partial charge in [0.05, 0.1) is 0 Å². The number of carbonyl (C=O) groups is 1. The van der Waals surface area contributed by atoms with E-state index in [9.17, 15) is 4.79 Å². The Balaban J connectivity index is 1.53. The maximum Gasteiger partial charge on any atom is 0.226 e. The molecular formula is C14H23NO2. The molecule has 1 amide bonds. The molecule has 3 atom stereocenters. The lowest BCUT2D eigenvalue weighted by atomic mass is 10.1. The van der Waals surface area contributed by atoms with E-state index in [0.29, 0.717) is 17.9 Å². The van der Waals surface area contributed by atoms with Gasteiger partial charge in [-0.05, 0) is 56.8 Å². The van der Waals surface area contributed by atoms with Crippen molar-refractivity contribution in [2.24, 2.45) is 17.8 Å². The van der Waals surface area contributed by atoms with Crippen LogP contribution in [0.25, 0.3) is 0 Å². The number of aliphatic hydroxyl groups excluding tert-OH is 1. The van der Waals surface area contributed by atoms with Gasteiger partial charge in [-0.15, -0.1) is 0 Å². The maximum atomic E-state index is 12.4. The summed E-state index contributed by atoms with van der Waals surface area (Å²) in [6.07, 6.45) is 8.01. The predicted molar refractivity (Wildman–Crippen MR) is 65.4 cm³/mol. The van der Waals surface area contributed by atoms with E-state index in [2.05, 4.69) is 4.90 Å². The van der Waals surface area contributed by atoms with E-state index in [1.165, 1.54) is 12.8 Å². The van der Waals surface area contributed by atoms with Crippen molar-refractivity contribution >= 4 is 5.91 Å². The van der Waals surface area contributed by atoms with Gasteiger partial charge in [0.2, 0.25) is 5.91 Å². The van der Waals surface area contributed by atoms with Crippen LogP contribution < -0.4 is 0 Å². The number of hydrogen-bond donors (Lipinski definition) is 1. The molecule has 0 aromatic rings. The Hall–Kier alpha value is -0.570. The average molecular weight is 237 g/mol. The topological polar surface area (TPSA) is 40.5 Å². The molecule has 3 fully saturated rings. The van der Waals surface area contributed by atoms with E-state index in [-0.39, 0.29) is 6.61 Å². The minimum absolute atomic E-state index is 0.257. The fourth-order valence-corrected chi connectivity index (χ4v) is 3.51. The average Bonchev–Trinajstić information content (AvgIpc) is 3.20. The lowest BCUT2D eigenvalue weighted by Gasteiger charge is -2.25. The molecule has 1 heterocycles. The molecule has 96 valence electrons. The lowest BCUT2D eigenvalue weighted by Crippen LogP contribution is -2.37. The van der Waals surface area contributed by atoms with Gasteiger partial charge in [0.25, 0.3) is 0 Å². The molecule has 0 radical (unpaired) electrons. The van der Waals surface area contributed by atoms with Crippen LogP contribution in [-0.4, -0.2) is 35.1 Å². The highest BCUT2D eigenvalue weighted by atomic mass is 16.3. The largest absolute Gasteiger partial charge is 0.396 e. The molecule has 1 N–H and O–H groups in total. The first-order valence-corrected chi connectivity index (χ1v) is 7.22. The second-order valence-corrected chi connectivity index (χ2v) is 6.04. The zero-order valence-electron chi connectivity index (χ0n) is 10.5. The first-order chi connectivity index (χ1) is 8.31. The third kappa shape index (κ3) is 2.35. The fraction of sp³-hybridized carbons (Fsp3) is 0.929. The van der Waals surface area contributed by atoms with Crippen molar-refractivity contribution in [3.8, 4) is 0 Å². The summed E-state index contributed by atoms with van der Waals surface area (Å²) < 4.78 is 0. The molecule has 3 nitrogen and oxygen atoms in total. The van der Waals surface area contributed by atoms with Crippen molar-refractivity contribution < 1.29 is 9.90 Å². The van der Waals surface area contributed by atoms with E-state index < -0.39 is 0 Å². The summed E-state index contributed by atoms with van der Waals surface area (Å²) in [5, 5.41) is 8.89. The molecule has 1 aliphatic heterocycles. The van der Waals surface area contributed by atoms with Gasteiger partial charge in [-0.3, -0.25) is 4.79 Å². The van der Waals surface area contributed by atoms with E-state index in [1.54, 1.807) is 0 Å². The smallest absolute Gasteiger partial charge is 0.226 e. The van der Waals surface area contributed by atoms with Crippen molar-refractivity contribution in [1.29, 1.82) is 0 Å². The normalized spacial score (nSPS) is 36.3. The fourth-order valence-electron chi connectivity index (χ4n) is 3.51. The van der Waals surface area contributed by atoms with E-state index in [1.807, 2.05) is 0 Å². The molecular weight excluding hydrogens is 214 g/mol. The number of nitrogens with zero attached hydrogens (tertiary/aromatic N) is 1. The SMILES string of the molecule is O=C(C1CC1C1CC1)N1CCCC1CCCO. The van der Waals surface area contributed by atoms with Crippen LogP contribution in [0.3, 0.4) is 0 Å². The van der Waals surface area contributed by atoms with E-state index in [4.69, 9.17) is 5.11 Å². The van der Waals surface area contributed by atoms with Crippen molar-refractivity contribution in [1.82, 2.24) is 4.90 Å². The molecule has 3 aliphatic rings. The van der Waals surface area contributed by atoms with Crippen LogP contribution in [-0.2, 0) is 4.79 Å². The third-order valence-corrected chi connectivity index (χ3v) is 4.74. The molecule has 3 unspecified atom stereocenters. The van der Waals surface area contributed by atoms with Gasteiger partial charge < -0.3 is 10.0 Å². The van der Waals surface area contributed by atoms with Crippen molar-refractivity contribution in [2.45, 2.75) is 51.0 Å². The first kappa shape index (κ1) is 11.5. The Kier molecular flexibility index (Phi) is 3.12. The second kappa shape index (κ2) is 4.60. The van der Waals surface area contributed by atoms with Gasteiger partial charge in [-0.1, -0.05) is 0 Å². The van der Waals surface area contributed by atoms with E-state index >= 15 is 0 Å². The molecule has 0 aromatic carbocycles. The molecule has 0 spiro atoms. The first-order valence-electron chi connectivity index (χ1n) is 7.22. The summed E-state index contributed by atoms with van der Waals surface area (Å²) in [4.78, 5) is 14.5. The van der Waals surface area contributed by atoms with Gasteiger partial charge in [0.15, 0.2) is 0 Å². The molecule has 2 aliphatic carbocycles. The number of rotatable bonds is 5. The summed E-state index contributed by atoms with van der Waals surface area (Å²) in [7, 11) is 0. The Bertz CT molecular complexity index is 301. The number of hydrogen-bond acceptors (Lipinski definition) is 2. The predicted octanol–water partition coefficient (Wildman–Crippen LogP) is 1.80. The number of aliphatic hydroxyl groups is 1. The standard InChI is InChI=1S/C14H23NO2/c16-8-2-4-11-3-1-7-15(11)14(17)13-9-12(13)10-5-6-10/h10-13,16H,1-9H2. The van der Waals surface area contributed by atoms with Gasteiger partial charge >= 0.3 is 0 Å². The number of carbonyl (C=O) groups excluding carboxylic acids is 1. The Morgan fingerprint density at radius 3 is 2.82 bits per heavy atom. The maximum absolute atomic E-state index is 12.4. The van der Waals surface area contributed by atoms with Crippen LogP contribution in [0.15, 0.2) is 0 Å². The zero-order valence-corrected chi connectivity index (χ0v) is 10.5. The minimum atomic E-state index is 0.257. The molecule has 17 heavy (non-hydrogen) atoms. The minimum Gasteiger partial charge on any atom is -0.396 e. The Morgan fingerprint density at radius 1 is 1.29 bits per heavy atom. The van der Waals surface area contributed by atoms with Gasteiger partial charge in [0, 0.05) is 25.1 Å². The highest BCUT2D eigenvalue weighted by Crippen LogP contribution is 2.55. The molecule has 0 bridgehead atoms. The zero-order chi connectivity index (χ0) is 11.8. The quantitative estimate of drug-likeness (QED) is 0.792. The molecule has 0 aromatic heterocycles. The second-order valence-electron chi connectivity index (χ2n) is 6.04. The summed E-state index contributed by atoms with van der Waals surface area (Å²) in [6, 6.07) is 0.426. The highest BCUT2D eigenvalue weighted by molar-refractivity contribution is 5.82. The molecule has 3 rings (SSSR count). The van der Waals surface area contributed by atoms with Crippen LogP contribution in [0, 0.1) is 17.8 Å². The van der Waals surface area contributed by atoms with Crippen molar-refractivity contribution in [2.75, 3.05) is 13.2 Å². The summed E-state index contributed by atoms with van der Waals surface area (Å²) in [5.74, 6) is 2.43. The monoisotopic (exact) mass is 237 g/mol. The van der Waals surface area contributed by atoms with Gasteiger partial charge in [-0.2, -0.15) is 0 Å². The number of amides is 1. The summed E-state index contributed by atoms with van der Waals surface area (Å²) in [5.41, 5.74) is 0. The van der Waals surface area contributed by atoms with Crippen molar-refractivity contribution in [3.63, 3.8) is 0 Å². The van der Waals surface area contributed by atoms with Crippen LogP contribution in [0.4, 0.5) is 0 Å². The number of likely N-dealkylation sites (tertiary alicyclic amines) is 1.